The quantitative estimate of drug-likeness (QED) is 0.871. The van der Waals surface area contributed by atoms with Gasteiger partial charge in [-0.2, -0.15) is 8.78 Å². The summed E-state index contributed by atoms with van der Waals surface area (Å²) < 4.78 is 37.5. The molecule has 1 unspecified atom stereocenters. The second-order valence-electron chi connectivity index (χ2n) is 4.31. The van der Waals surface area contributed by atoms with E-state index >= 15 is 0 Å². The summed E-state index contributed by atoms with van der Waals surface area (Å²) >= 11 is 0. The van der Waals surface area contributed by atoms with E-state index in [0.29, 0.717) is 12.4 Å². The summed E-state index contributed by atoms with van der Waals surface area (Å²) in [6.07, 6.45) is 0. The Balaban J connectivity index is 2.43. The highest BCUT2D eigenvalue weighted by atomic mass is 19.3. The van der Waals surface area contributed by atoms with E-state index in [-0.39, 0.29) is 17.9 Å². The number of hydrogen-bond acceptors (Lipinski definition) is 4. The first-order valence-electron chi connectivity index (χ1n) is 5.50. The highest BCUT2D eigenvalue weighted by Crippen LogP contribution is 2.41. The maximum Gasteiger partial charge on any atom is 0.378 e. The lowest BCUT2D eigenvalue weighted by atomic mass is 9.89. The van der Waals surface area contributed by atoms with Crippen LogP contribution in [0.1, 0.15) is 12.5 Å². The fourth-order valence-electron chi connectivity index (χ4n) is 1.74. The van der Waals surface area contributed by atoms with E-state index in [2.05, 4.69) is 0 Å². The minimum Gasteiger partial charge on any atom is -0.486 e. The summed E-state index contributed by atoms with van der Waals surface area (Å²) in [7, 11) is 0. The minimum atomic E-state index is -4.32. The largest absolute Gasteiger partial charge is 0.486 e. The number of fused-ring (bicyclic) bond motifs is 1. The van der Waals surface area contributed by atoms with Gasteiger partial charge in [-0.05, 0) is 24.6 Å². The molecular weight excluding hydrogens is 262 g/mol. The molecule has 5 nitrogen and oxygen atoms in total. The molecule has 0 radical (unpaired) electrons. The molecule has 7 heteroatoms. The molecule has 2 N–H and O–H groups in total. The predicted molar refractivity (Wildman–Crippen MR) is 59.6 cm³/mol. The van der Waals surface area contributed by atoms with Crippen molar-refractivity contribution in [3.05, 3.63) is 23.8 Å². The van der Waals surface area contributed by atoms with Crippen molar-refractivity contribution in [3.63, 3.8) is 0 Å². The number of carboxylic acid groups (broad SMARTS) is 1. The Hall–Kier alpha value is -1.89. The van der Waals surface area contributed by atoms with Crippen LogP contribution in [0.4, 0.5) is 8.78 Å². The number of alkyl halides is 2. The van der Waals surface area contributed by atoms with Crippen molar-refractivity contribution in [2.45, 2.75) is 18.4 Å². The number of benzene rings is 1. The Morgan fingerprint density at radius 2 is 1.84 bits per heavy atom. The van der Waals surface area contributed by atoms with Crippen LogP contribution in [0.15, 0.2) is 18.2 Å². The first kappa shape index (κ1) is 13.5. The van der Waals surface area contributed by atoms with E-state index in [0.717, 1.165) is 13.0 Å². The van der Waals surface area contributed by atoms with Crippen molar-refractivity contribution in [1.29, 1.82) is 0 Å². The van der Waals surface area contributed by atoms with Crippen molar-refractivity contribution < 1.29 is 33.3 Å². The van der Waals surface area contributed by atoms with E-state index in [1.165, 1.54) is 12.1 Å². The van der Waals surface area contributed by atoms with Crippen LogP contribution in [0.5, 0.6) is 11.5 Å². The number of carboxylic acids is 1. The lowest BCUT2D eigenvalue weighted by molar-refractivity contribution is -0.207. The van der Waals surface area contributed by atoms with Gasteiger partial charge in [-0.15, -0.1) is 0 Å². The van der Waals surface area contributed by atoms with Crippen molar-refractivity contribution in [2.75, 3.05) is 13.2 Å². The highest BCUT2D eigenvalue weighted by Gasteiger charge is 2.57. The normalized spacial score (nSPS) is 17.7. The highest BCUT2D eigenvalue weighted by molar-refractivity contribution is 5.77. The molecule has 0 aliphatic carbocycles. The first-order valence-corrected chi connectivity index (χ1v) is 5.50. The first-order chi connectivity index (χ1) is 8.76. The third-order valence-corrected chi connectivity index (χ3v) is 2.98. The van der Waals surface area contributed by atoms with Gasteiger partial charge in [-0.3, -0.25) is 0 Å². The SMILES string of the molecule is CC(O)(c1ccc2c(c1)OCCO2)C(F)(F)C(=O)O. The van der Waals surface area contributed by atoms with Crippen LogP contribution >= 0.6 is 0 Å². The smallest absolute Gasteiger partial charge is 0.378 e. The van der Waals surface area contributed by atoms with E-state index in [1.54, 1.807) is 0 Å². The Morgan fingerprint density at radius 1 is 1.26 bits per heavy atom. The standard InChI is InChI=1S/C12H12F2O5/c1-11(17,12(13,14)10(15)16)7-2-3-8-9(6-7)19-5-4-18-8/h2-3,6,17H,4-5H2,1H3,(H,15,16). The monoisotopic (exact) mass is 274 g/mol. The summed E-state index contributed by atoms with van der Waals surface area (Å²) in [5, 5.41) is 18.4. The molecular formula is C12H12F2O5. The number of rotatable bonds is 3. The lowest BCUT2D eigenvalue weighted by Crippen LogP contribution is -2.48. The van der Waals surface area contributed by atoms with Crippen molar-refractivity contribution in [2.24, 2.45) is 0 Å². The van der Waals surface area contributed by atoms with Gasteiger partial charge in [-0.25, -0.2) is 4.79 Å². The summed E-state index contributed by atoms with van der Waals surface area (Å²) in [4.78, 5) is 10.6. The number of carbonyl (C=O) groups is 1. The van der Waals surface area contributed by atoms with Crippen LogP contribution < -0.4 is 9.47 Å². The van der Waals surface area contributed by atoms with Gasteiger partial charge in [0.05, 0.1) is 0 Å². The van der Waals surface area contributed by atoms with E-state index < -0.39 is 17.5 Å². The van der Waals surface area contributed by atoms with Gasteiger partial charge >= 0.3 is 11.9 Å². The Morgan fingerprint density at radius 3 is 2.42 bits per heavy atom. The molecule has 1 atom stereocenters. The van der Waals surface area contributed by atoms with Gasteiger partial charge in [0.15, 0.2) is 17.1 Å². The van der Waals surface area contributed by atoms with Gasteiger partial charge in [0.25, 0.3) is 0 Å². The van der Waals surface area contributed by atoms with E-state index in [1.807, 2.05) is 0 Å². The van der Waals surface area contributed by atoms with Gasteiger partial charge in [0.2, 0.25) is 0 Å². The summed E-state index contributed by atoms with van der Waals surface area (Å²) in [6, 6.07) is 3.70. The fraction of sp³-hybridized carbons (Fsp3) is 0.417. The molecule has 0 amide bonds. The fourth-order valence-corrected chi connectivity index (χ4v) is 1.74. The molecule has 1 aliphatic rings. The number of aliphatic hydroxyl groups is 1. The zero-order valence-electron chi connectivity index (χ0n) is 10.0. The van der Waals surface area contributed by atoms with Gasteiger partial charge in [0, 0.05) is 0 Å². The maximum atomic E-state index is 13.5. The Bertz CT molecular complexity index is 513. The van der Waals surface area contributed by atoms with Crippen LogP contribution in [0.2, 0.25) is 0 Å². The molecule has 0 bridgehead atoms. The van der Waals surface area contributed by atoms with Crippen LogP contribution in [-0.4, -0.2) is 35.3 Å². The van der Waals surface area contributed by atoms with E-state index in [4.69, 9.17) is 14.6 Å². The molecule has 104 valence electrons. The number of halogens is 2. The third-order valence-electron chi connectivity index (χ3n) is 2.98. The molecule has 0 fully saturated rings. The van der Waals surface area contributed by atoms with Crippen LogP contribution in [0, 0.1) is 0 Å². The predicted octanol–water partition coefficient (Wildman–Crippen LogP) is 1.39. The van der Waals surface area contributed by atoms with Crippen LogP contribution in [-0.2, 0) is 10.4 Å². The average Bonchev–Trinajstić information content (AvgIpc) is 2.37. The molecule has 2 rings (SSSR count). The summed E-state index contributed by atoms with van der Waals surface area (Å²) in [5.41, 5.74) is -3.11. The van der Waals surface area contributed by atoms with Gasteiger partial charge < -0.3 is 19.7 Å². The number of ether oxygens (including phenoxy) is 2. The Labute approximate surface area is 107 Å². The molecule has 1 aliphatic heterocycles. The molecule has 1 aromatic rings. The maximum absolute atomic E-state index is 13.5. The average molecular weight is 274 g/mol. The zero-order valence-corrected chi connectivity index (χ0v) is 10.0. The molecule has 19 heavy (non-hydrogen) atoms. The number of hydrogen-bond donors (Lipinski definition) is 2. The molecule has 1 aromatic carbocycles. The second-order valence-corrected chi connectivity index (χ2v) is 4.31. The van der Waals surface area contributed by atoms with Crippen molar-refractivity contribution in [3.8, 4) is 11.5 Å². The summed E-state index contributed by atoms with van der Waals surface area (Å²) in [5.74, 6) is -6.15. The topological polar surface area (TPSA) is 76.0 Å². The van der Waals surface area contributed by atoms with Crippen molar-refractivity contribution in [1.82, 2.24) is 0 Å². The number of aliphatic carboxylic acids is 1. The second kappa shape index (κ2) is 4.34. The van der Waals surface area contributed by atoms with Gasteiger partial charge in [0.1, 0.15) is 13.2 Å². The minimum absolute atomic E-state index is 0.199. The molecule has 1 heterocycles. The van der Waals surface area contributed by atoms with Crippen molar-refractivity contribution >= 4 is 5.97 Å². The van der Waals surface area contributed by atoms with Gasteiger partial charge in [-0.1, -0.05) is 6.07 Å². The Kier molecular flexibility index (Phi) is 3.09. The molecule has 0 spiro atoms. The van der Waals surface area contributed by atoms with Crippen LogP contribution in [0.3, 0.4) is 0 Å². The van der Waals surface area contributed by atoms with Crippen LogP contribution in [0.25, 0.3) is 0 Å². The van der Waals surface area contributed by atoms with E-state index in [9.17, 15) is 18.7 Å². The summed E-state index contributed by atoms with van der Waals surface area (Å²) in [6.45, 7) is 1.34. The molecule has 0 saturated carbocycles. The zero-order chi connectivity index (χ0) is 14.3. The third kappa shape index (κ3) is 2.10. The lowest BCUT2D eigenvalue weighted by Gasteiger charge is -2.30. The molecule has 0 saturated heterocycles. The molecule has 0 aromatic heterocycles.